The van der Waals surface area contributed by atoms with Gasteiger partial charge in [0, 0.05) is 4.47 Å². The highest BCUT2D eigenvalue weighted by molar-refractivity contribution is 9.10. The molecule has 0 radical (unpaired) electrons. The minimum atomic E-state index is -1.20. The van der Waals surface area contributed by atoms with Crippen molar-refractivity contribution in [3.8, 4) is 0 Å². The van der Waals surface area contributed by atoms with Gasteiger partial charge in [-0.2, -0.15) is 0 Å². The molecular weight excluding hydrogens is 358 g/mol. The lowest BCUT2D eigenvalue weighted by Gasteiger charge is -2.11. The predicted molar refractivity (Wildman–Crippen MR) is 85.2 cm³/mol. The molecule has 0 saturated heterocycles. The fourth-order valence-electron chi connectivity index (χ4n) is 1.84. The monoisotopic (exact) mass is 367 g/mol. The van der Waals surface area contributed by atoms with Gasteiger partial charge in [0.25, 0.3) is 5.91 Å². The average Bonchev–Trinajstić information content (AvgIpc) is 2.37. The Labute approximate surface area is 134 Å². The van der Waals surface area contributed by atoms with E-state index in [0.29, 0.717) is 10.0 Å². The third-order valence-corrected chi connectivity index (χ3v) is 3.82. The van der Waals surface area contributed by atoms with Gasteiger partial charge in [0.2, 0.25) is 0 Å². The Kier molecular flexibility index (Phi) is 4.65. The van der Waals surface area contributed by atoms with Crippen molar-refractivity contribution in [3.63, 3.8) is 0 Å². The molecule has 108 valence electrons. The third kappa shape index (κ3) is 3.43. The maximum atomic E-state index is 12.3. The van der Waals surface area contributed by atoms with Crippen LogP contribution >= 0.6 is 27.5 Å². The molecule has 0 aliphatic rings. The molecule has 0 aromatic heterocycles. The Hall–Kier alpha value is -1.85. The van der Waals surface area contributed by atoms with Crippen LogP contribution < -0.4 is 5.32 Å². The van der Waals surface area contributed by atoms with Crippen molar-refractivity contribution in [1.82, 2.24) is 0 Å². The van der Waals surface area contributed by atoms with E-state index >= 15 is 0 Å². The van der Waals surface area contributed by atoms with E-state index in [2.05, 4.69) is 21.2 Å². The van der Waals surface area contributed by atoms with Crippen molar-refractivity contribution in [2.45, 2.75) is 6.92 Å². The van der Waals surface area contributed by atoms with Crippen molar-refractivity contribution < 1.29 is 14.7 Å². The van der Waals surface area contributed by atoms with E-state index in [1.54, 1.807) is 18.2 Å². The predicted octanol–water partition coefficient (Wildman–Crippen LogP) is 4.36. The van der Waals surface area contributed by atoms with Crippen LogP contribution in [0.1, 0.15) is 26.3 Å². The van der Waals surface area contributed by atoms with E-state index < -0.39 is 11.9 Å². The van der Waals surface area contributed by atoms with Crippen LogP contribution in [-0.4, -0.2) is 17.0 Å². The molecule has 0 spiro atoms. The molecule has 0 bridgehead atoms. The molecule has 2 rings (SSSR count). The number of carbonyl (C=O) groups excluding carboxylic acids is 1. The van der Waals surface area contributed by atoms with Gasteiger partial charge in [-0.25, -0.2) is 4.79 Å². The quantitative estimate of drug-likeness (QED) is 0.846. The number of carboxylic acid groups (broad SMARTS) is 1. The molecule has 2 aromatic carbocycles. The number of aryl methyl sites for hydroxylation is 1. The van der Waals surface area contributed by atoms with Gasteiger partial charge in [-0.05, 0) is 52.7 Å². The van der Waals surface area contributed by atoms with Gasteiger partial charge in [0.15, 0.2) is 0 Å². The van der Waals surface area contributed by atoms with Gasteiger partial charge in [0.1, 0.15) is 5.56 Å². The number of nitrogens with one attached hydrogen (secondary N) is 1. The SMILES string of the molecule is Cc1ccc(C(=O)Nc2cccc(Cl)c2C(=O)O)c(Br)c1. The molecule has 21 heavy (non-hydrogen) atoms. The van der Waals surface area contributed by atoms with Crippen LogP contribution in [0.4, 0.5) is 5.69 Å². The molecule has 4 nitrogen and oxygen atoms in total. The van der Waals surface area contributed by atoms with Crippen molar-refractivity contribution in [2.24, 2.45) is 0 Å². The summed E-state index contributed by atoms with van der Waals surface area (Å²) in [5.74, 6) is -1.61. The van der Waals surface area contributed by atoms with Crippen LogP contribution in [0.2, 0.25) is 5.02 Å². The third-order valence-electron chi connectivity index (χ3n) is 2.84. The summed E-state index contributed by atoms with van der Waals surface area (Å²) in [6, 6.07) is 9.81. The lowest BCUT2D eigenvalue weighted by atomic mass is 10.1. The summed E-state index contributed by atoms with van der Waals surface area (Å²) >= 11 is 9.18. The van der Waals surface area contributed by atoms with Crippen molar-refractivity contribution in [3.05, 3.63) is 62.6 Å². The highest BCUT2D eigenvalue weighted by Crippen LogP contribution is 2.26. The van der Waals surface area contributed by atoms with Crippen LogP contribution in [0.5, 0.6) is 0 Å². The number of benzene rings is 2. The normalized spacial score (nSPS) is 10.2. The zero-order valence-electron chi connectivity index (χ0n) is 11.0. The smallest absolute Gasteiger partial charge is 0.339 e. The lowest BCUT2D eigenvalue weighted by molar-refractivity contribution is 0.0698. The first-order chi connectivity index (χ1) is 9.90. The number of carbonyl (C=O) groups is 2. The van der Waals surface area contributed by atoms with Gasteiger partial charge in [-0.3, -0.25) is 4.79 Å². The van der Waals surface area contributed by atoms with E-state index in [0.717, 1.165) is 5.56 Å². The Morgan fingerprint density at radius 2 is 1.95 bits per heavy atom. The molecule has 0 atom stereocenters. The Balaban J connectivity index is 2.36. The largest absolute Gasteiger partial charge is 0.478 e. The lowest BCUT2D eigenvalue weighted by Crippen LogP contribution is -2.15. The summed E-state index contributed by atoms with van der Waals surface area (Å²) in [6.45, 7) is 1.91. The fourth-order valence-corrected chi connectivity index (χ4v) is 2.77. The fraction of sp³-hybridized carbons (Fsp3) is 0.0667. The first kappa shape index (κ1) is 15.5. The Morgan fingerprint density at radius 1 is 1.24 bits per heavy atom. The number of amides is 1. The number of anilines is 1. The molecule has 0 saturated carbocycles. The zero-order valence-corrected chi connectivity index (χ0v) is 13.3. The van der Waals surface area contributed by atoms with Gasteiger partial charge >= 0.3 is 5.97 Å². The maximum Gasteiger partial charge on any atom is 0.339 e. The van der Waals surface area contributed by atoms with E-state index in [1.165, 1.54) is 12.1 Å². The Morgan fingerprint density at radius 3 is 2.57 bits per heavy atom. The van der Waals surface area contributed by atoms with Gasteiger partial charge in [-0.15, -0.1) is 0 Å². The molecule has 0 unspecified atom stereocenters. The molecule has 0 aliphatic heterocycles. The first-order valence-corrected chi connectivity index (χ1v) is 7.16. The molecule has 0 heterocycles. The van der Waals surface area contributed by atoms with E-state index in [4.69, 9.17) is 11.6 Å². The molecule has 6 heteroatoms. The second kappa shape index (κ2) is 6.28. The summed E-state index contributed by atoms with van der Waals surface area (Å²) in [4.78, 5) is 23.5. The number of hydrogen-bond acceptors (Lipinski definition) is 2. The summed E-state index contributed by atoms with van der Waals surface area (Å²) < 4.78 is 0.638. The molecule has 0 aliphatic carbocycles. The first-order valence-electron chi connectivity index (χ1n) is 5.99. The number of aromatic carboxylic acids is 1. The van der Waals surface area contributed by atoms with Gasteiger partial charge in [-0.1, -0.05) is 23.7 Å². The molecule has 2 aromatic rings. The van der Waals surface area contributed by atoms with Crippen molar-refractivity contribution in [1.29, 1.82) is 0 Å². The second-order valence-electron chi connectivity index (χ2n) is 4.40. The number of halogens is 2. The van der Waals surface area contributed by atoms with Crippen LogP contribution in [0.3, 0.4) is 0 Å². The minimum Gasteiger partial charge on any atom is -0.478 e. The standard InChI is InChI=1S/C15H11BrClNO3/c1-8-5-6-9(10(16)7-8)14(19)18-12-4-2-3-11(17)13(12)15(20)21/h2-7H,1H3,(H,18,19)(H,20,21). The molecule has 2 N–H and O–H groups in total. The number of carboxylic acids is 1. The Bertz CT molecular complexity index is 731. The van der Waals surface area contributed by atoms with Crippen LogP contribution in [-0.2, 0) is 0 Å². The van der Waals surface area contributed by atoms with Crippen molar-refractivity contribution in [2.75, 3.05) is 5.32 Å². The highest BCUT2D eigenvalue weighted by Gasteiger charge is 2.17. The number of hydrogen-bond donors (Lipinski definition) is 2. The average molecular weight is 369 g/mol. The van der Waals surface area contributed by atoms with Gasteiger partial charge in [0.05, 0.1) is 16.3 Å². The molecule has 0 fully saturated rings. The summed E-state index contributed by atoms with van der Waals surface area (Å²) in [5.41, 5.74) is 1.45. The van der Waals surface area contributed by atoms with E-state index in [1.807, 2.05) is 13.0 Å². The summed E-state index contributed by atoms with van der Waals surface area (Å²) in [5, 5.41) is 11.8. The highest BCUT2D eigenvalue weighted by atomic mass is 79.9. The van der Waals surface area contributed by atoms with Gasteiger partial charge < -0.3 is 10.4 Å². The second-order valence-corrected chi connectivity index (χ2v) is 5.67. The number of rotatable bonds is 3. The van der Waals surface area contributed by atoms with Crippen LogP contribution in [0.15, 0.2) is 40.9 Å². The summed E-state index contributed by atoms with van der Waals surface area (Å²) in [6.07, 6.45) is 0. The van der Waals surface area contributed by atoms with E-state index in [-0.39, 0.29) is 16.3 Å². The maximum absolute atomic E-state index is 12.3. The van der Waals surface area contributed by atoms with Crippen LogP contribution in [0.25, 0.3) is 0 Å². The topological polar surface area (TPSA) is 66.4 Å². The summed E-state index contributed by atoms with van der Waals surface area (Å²) in [7, 11) is 0. The minimum absolute atomic E-state index is 0.0725. The van der Waals surface area contributed by atoms with Crippen molar-refractivity contribution >= 4 is 45.1 Å². The molecule has 1 amide bonds. The molecular formula is C15H11BrClNO3. The van der Waals surface area contributed by atoms with Crippen LogP contribution in [0, 0.1) is 6.92 Å². The van der Waals surface area contributed by atoms with E-state index in [9.17, 15) is 14.7 Å². The zero-order chi connectivity index (χ0) is 15.6.